The third-order valence-corrected chi connectivity index (χ3v) is 5.71. The first kappa shape index (κ1) is 25.6. The molecule has 32 heavy (non-hydrogen) atoms. The maximum absolute atomic E-state index is 13.3. The summed E-state index contributed by atoms with van der Waals surface area (Å²) in [6.45, 7) is 7.73. The normalized spacial score (nSPS) is 16.7. The van der Waals surface area contributed by atoms with Gasteiger partial charge in [0.25, 0.3) is 0 Å². The van der Waals surface area contributed by atoms with Crippen LogP contribution in [0.3, 0.4) is 0 Å². The quantitative estimate of drug-likeness (QED) is 0.527. The zero-order valence-corrected chi connectivity index (χ0v) is 19.3. The number of anilines is 1. The Morgan fingerprint density at radius 3 is 2.53 bits per heavy atom. The fourth-order valence-electron chi connectivity index (χ4n) is 3.95. The van der Waals surface area contributed by atoms with Crippen LogP contribution in [0.4, 0.5) is 10.5 Å². The third kappa shape index (κ3) is 6.67. The molecular formula is C23H35N3O6. The zero-order valence-electron chi connectivity index (χ0n) is 19.3. The number of aliphatic hydroxyl groups excluding tert-OH is 1. The van der Waals surface area contributed by atoms with Gasteiger partial charge in [0, 0.05) is 12.5 Å². The molecule has 0 spiro atoms. The van der Waals surface area contributed by atoms with Gasteiger partial charge in [0.1, 0.15) is 6.67 Å². The lowest BCUT2D eigenvalue weighted by molar-refractivity contribution is -0.142. The van der Waals surface area contributed by atoms with E-state index in [1.165, 1.54) is 11.8 Å². The summed E-state index contributed by atoms with van der Waals surface area (Å²) < 4.78 is 5.12. The summed E-state index contributed by atoms with van der Waals surface area (Å²) in [4.78, 5) is 39.7. The van der Waals surface area contributed by atoms with Crippen molar-refractivity contribution in [1.82, 2.24) is 4.90 Å². The zero-order chi connectivity index (χ0) is 24.1. The Labute approximate surface area is 189 Å². The number of hydrogen-bond acceptors (Lipinski definition) is 6. The van der Waals surface area contributed by atoms with Crippen molar-refractivity contribution in [3.8, 4) is 0 Å². The smallest absolute Gasteiger partial charge is 0.411 e. The number of para-hydroxylation sites is 1. The van der Waals surface area contributed by atoms with E-state index in [0.717, 1.165) is 11.3 Å². The second-order valence-electron chi connectivity index (χ2n) is 9.24. The van der Waals surface area contributed by atoms with E-state index < -0.39 is 35.5 Å². The maximum Gasteiger partial charge on any atom is 0.411 e. The van der Waals surface area contributed by atoms with Crippen molar-refractivity contribution in [2.24, 2.45) is 17.1 Å². The molecule has 0 saturated heterocycles. The summed E-state index contributed by atoms with van der Waals surface area (Å²) in [6.07, 6.45) is -0.924. The van der Waals surface area contributed by atoms with Crippen LogP contribution in [0.1, 0.15) is 52.5 Å². The van der Waals surface area contributed by atoms with Crippen LogP contribution in [0.2, 0.25) is 0 Å². The number of carboxylic acids is 1. The molecule has 1 aliphatic rings. The molecule has 1 aliphatic heterocycles. The highest BCUT2D eigenvalue weighted by molar-refractivity contribution is 5.95. The summed E-state index contributed by atoms with van der Waals surface area (Å²) >= 11 is 0. The van der Waals surface area contributed by atoms with Crippen LogP contribution < -0.4 is 10.6 Å². The molecule has 3 atom stereocenters. The molecule has 0 bridgehead atoms. The Bertz CT molecular complexity index is 828. The monoisotopic (exact) mass is 449 g/mol. The van der Waals surface area contributed by atoms with Gasteiger partial charge >= 0.3 is 12.1 Å². The van der Waals surface area contributed by atoms with Crippen LogP contribution in [0.5, 0.6) is 0 Å². The minimum atomic E-state index is -0.986. The molecule has 1 aromatic rings. The molecule has 2 rings (SSSR count). The highest BCUT2D eigenvalue weighted by atomic mass is 16.6. The Morgan fingerprint density at radius 1 is 1.25 bits per heavy atom. The number of ether oxygens (including phenoxy) is 1. The molecule has 1 heterocycles. The van der Waals surface area contributed by atoms with Crippen LogP contribution in [-0.4, -0.2) is 58.5 Å². The lowest BCUT2D eigenvalue weighted by atomic mass is 9.80. The molecular weight excluding hydrogens is 414 g/mol. The van der Waals surface area contributed by atoms with E-state index in [1.807, 2.05) is 38.1 Å². The van der Waals surface area contributed by atoms with Crippen molar-refractivity contribution in [1.29, 1.82) is 0 Å². The van der Waals surface area contributed by atoms with E-state index in [9.17, 15) is 19.5 Å². The van der Waals surface area contributed by atoms with Gasteiger partial charge < -0.3 is 20.7 Å². The van der Waals surface area contributed by atoms with Gasteiger partial charge in [-0.3, -0.25) is 19.4 Å². The largest absolute Gasteiger partial charge is 0.481 e. The van der Waals surface area contributed by atoms with E-state index in [2.05, 4.69) is 0 Å². The molecule has 4 N–H and O–H groups in total. The van der Waals surface area contributed by atoms with Gasteiger partial charge in [-0.2, -0.15) is 0 Å². The second kappa shape index (κ2) is 10.8. The molecule has 0 aromatic heterocycles. The topological polar surface area (TPSA) is 133 Å². The molecule has 9 nitrogen and oxygen atoms in total. The molecule has 0 saturated carbocycles. The number of amides is 2. The van der Waals surface area contributed by atoms with Gasteiger partial charge in [-0.1, -0.05) is 39.0 Å². The van der Waals surface area contributed by atoms with Crippen molar-refractivity contribution >= 4 is 23.7 Å². The molecule has 9 heteroatoms. The van der Waals surface area contributed by atoms with E-state index in [0.29, 0.717) is 13.0 Å². The summed E-state index contributed by atoms with van der Waals surface area (Å²) in [5.41, 5.74) is 7.20. The minimum absolute atomic E-state index is 0.0501. The van der Waals surface area contributed by atoms with Gasteiger partial charge in [0.15, 0.2) is 0 Å². The molecule has 0 aliphatic carbocycles. The van der Waals surface area contributed by atoms with Crippen LogP contribution in [0.25, 0.3) is 0 Å². The molecule has 1 aromatic carbocycles. The highest BCUT2D eigenvalue weighted by Crippen LogP contribution is 2.33. The first-order valence-electron chi connectivity index (χ1n) is 10.9. The Kier molecular flexibility index (Phi) is 8.63. The number of benzene rings is 1. The summed E-state index contributed by atoms with van der Waals surface area (Å²) in [5.74, 6) is -1.86. The number of rotatable bonds is 9. The van der Waals surface area contributed by atoms with Crippen molar-refractivity contribution in [2.45, 2.75) is 65.6 Å². The number of nitrogens with two attached hydrogens (primary N) is 1. The van der Waals surface area contributed by atoms with Gasteiger partial charge in [0.05, 0.1) is 30.9 Å². The van der Waals surface area contributed by atoms with Gasteiger partial charge in [-0.25, -0.2) is 4.79 Å². The van der Waals surface area contributed by atoms with E-state index >= 15 is 0 Å². The lowest BCUT2D eigenvalue weighted by Crippen LogP contribution is -2.49. The van der Waals surface area contributed by atoms with Crippen molar-refractivity contribution in [2.75, 3.05) is 18.2 Å². The average molecular weight is 450 g/mol. The second-order valence-corrected chi connectivity index (χ2v) is 9.24. The van der Waals surface area contributed by atoms with Crippen LogP contribution in [0, 0.1) is 11.3 Å². The summed E-state index contributed by atoms with van der Waals surface area (Å²) in [5, 5.41) is 19.4. The predicted octanol–water partition coefficient (Wildman–Crippen LogP) is 2.55. The number of nitrogens with zero attached hydrogens (tertiary/aromatic N) is 2. The van der Waals surface area contributed by atoms with E-state index in [-0.39, 0.29) is 32.0 Å². The van der Waals surface area contributed by atoms with Crippen LogP contribution >= 0.6 is 0 Å². The van der Waals surface area contributed by atoms with Crippen molar-refractivity contribution in [3.05, 3.63) is 29.8 Å². The van der Waals surface area contributed by atoms with Gasteiger partial charge in [-0.05, 0) is 36.8 Å². The Hall–Kier alpha value is -2.65. The first-order valence-corrected chi connectivity index (χ1v) is 10.9. The average Bonchev–Trinajstić information content (AvgIpc) is 2.72. The van der Waals surface area contributed by atoms with E-state index in [1.54, 1.807) is 11.8 Å². The molecule has 2 amide bonds. The SMILES string of the molecule is CCOC(=O)N1Cc2ccccc2N(C(=O)CC(C)(C)C[C@H](N)[C@@H](O)C[C@@H](C)C(=O)O)C1. The fraction of sp³-hybridized carbons (Fsp3) is 0.609. The van der Waals surface area contributed by atoms with Gasteiger partial charge in [-0.15, -0.1) is 0 Å². The Balaban J connectivity index is 2.10. The standard InChI is InChI=1S/C23H35N3O6/c1-5-32-22(31)25-13-16-8-6-7-9-18(16)26(14-25)20(28)12-23(3,4)11-17(24)19(27)10-15(2)21(29)30/h6-9,15,17,19,27H,5,10-14,24H2,1-4H3,(H,29,30)/t15-,17+,19+/m1/s1. The van der Waals surface area contributed by atoms with Crippen molar-refractivity contribution < 1.29 is 29.3 Å². The molecule has 178 valence electrons. The fourth-order valence-corrected chi connectivity index (χ4v) is 3.95. The van der Waals surface area contributed by atoms with E-state index in [4.69, 9.17) is 15.6 Å². The predicted molar refractivity (Wildman–Crippen MR) is 120 cm³/mol. The Morgan fingerprint density at radius 2 is 1.91 bits per heavy atom. The maximum atomic E-state index is 13.3. The molecule has 0 radical (unpaired) electrons. The summed E-state index contributed by atoms with van der Waals surface area (Å²) in [6, 6.07) is 6.77. The number of aliphatic carboxylic acids is 1. The number of fused-ring (bicyclic) bond motifs is 1. The molecule has 0 fully saturated rings. The van der Waals surface area contributed by atoms with Gasteiger partial charge in [0.2, 0.25) is 5.91 Å². The highest BCUT2D eigenvalue weighted by Gasteiger charge is 2.34. The molecule has 0 unspecified atom stereocenters. The number of aliphatic hydroxyl groups is 1. The lowest BCUT2D eigenvalue weighted by Gasteiger charge is -2.38. The van der Waals surface area contributed by atoms with Crippen LogP contribution in [-0.2, 0) is 20.9 Å². The first-order chi connectivity index (χ1) is 14.9. The summed E-state index contributed by atoms with van der Waals surface area (Å²) in [7, 11) is 0. The number of carbonyl (C=O) groups is 3. The third-order valence-electron chi connectivity index (χ3n) is 5.71. The van der Waals surface area contributed by atoms with Crippen molar-refractivity contribution in [3.63, 3.8) is 0 Å². The number of hydrogen-bond donors (Lipinski definition) is 3. The van der Waals surface area contributed by atoms with Crippen LogP contribution in [0.15, 0.2) is 24.3 Å². The minimum Gasteiger partial charge on any atom is -0.481 e. The number of carboxylic acid groups (broad SMARTS) is 1. The number of carbonyl (C=O) groups excluding carboxylic acids is 2.